The van der Waals surface area contributed by atoms with Crippen LogP contribution in [-0.2, 0) is 36.8 Å². The summed E-state index contributed by atoms with van der Waals surface area (Å²) in [7, 11) is 0. The number of carbonyl (C=O) groups is 5. The zero-order valence-corrected chi connectivity index (χ0v) is 23.6. The monoisotopic (exact) mass is 601 g/mol. The minimum Gasteiger partial charge on any atom is -0.508 e. The van der Waals surface area contributed by atoms with Gasteiger partial charge in [0.1, 0.15) is 29.6 Å². The van der Waals surface area contributed by atoms with Crippen molar-refractivity contribution in [2.45, 2.75) is 69.1 Å². The molecule has 0 saturated carbocycles. The van der Waals surface area contributed by atoms with Crippen LogP contribution in [0.2, 0.25) is 0 Å². The molecule has 2 aromatic rings. The van der Waals surface area contributed by atoms with Crippen LogP contribution >= 0.6 is 0 Å². The number of rotatable bonds is 18. The van der Waals surface area contributed by atoms with Gasteiger partial charge in [-0.1, -0.05) is 24.3 Å². The molecule has 4 unspecified atom stereocenters. The molecule has 14 nitrogen and oxygen atoms in total. The number of amides is 3. The summed E-state index contributed by atoms with van der Waals surface area (Å²) < 4.78 is 0. The average Bonchev–Trinajstić information content (AvgIpc) is 2.96. The number of hydrogen-bond donors (Lipinski definition) is 9. The van der Waals surface area contributed by atoms with Crippen LogP contribution in [-0.4, -0.2) is 80.8 Å². The Morgan fingerprint density at radius 2 is 1.12 bits per heavy atom. The minimum atomic E-state index is -1.34. The molecule has 0 radical (unpaired) electrons. The van der Waals surface area contributed by atoms with E-state index >= 15 is 0 Å². The van der Waals surface area contributed by atoms with E-state index in [-0.39, 0.29) is 43.6 Å². The lowest BCUT2D eigenvalue weighted by atomic mass is 10.0. The van der Waals surface area contributed by atoms with Gasteiger partial charge in [0.15, 0.2) is 0 Å². The van der Waals surface area contributed by atoms with Gasteiger partial charge in [-0.15, -0.1) is 0 Å². The van der Waals surface area contributed by atoms with Gasteiger partial charge >= 0.3 is 11.9 Å². The Kier molecular flexibility index (Phi) is 13.9. The van der Waals surface area contributed by atoms with Crippen molar-refractivity contribution in [3.05, 3.63) is 59.7 Å². The number of aliphatic carboxylic acids is 2. The van der Waals surface area contributed by atoms with Gasteiger partial charge in [-0.25, -0.2) is 4.79 Å². The summed E-state index contributed by atoms with van der Waals surface area (Å²) in [6.07, 6.45) is 0.412. The number of benzene rings is 2. The Morgan fingerprint density at radius 3 is 1.60 bits per heavy atom. The molecule has 2 aromatic carbocycles. The first-order valence-electron chi connectivity index (χ1n) is 13.8. The maximum absolute atomic E-state index is 13.5. The SMILES string of the molecule is NCCCCC(NC(=O)C(Cc1ccc(O)cc1)NC(=O)C(N)CCC(=O)O)C(=O)NC(Cc1ccc(O)cc1)C(=O)O. The third-order valence-electron chi connectivity index (χ3n) is 6.59. The highest BCUT2D eigenvalue weighted by molar-refractivity contribution is 5.94. The number of carboxylic acids is 2. The predicted octanol–water partition coefficient (Wildman–Crippen LogP) is -0.257. The van der Waals surface area contributed by atoms with Crippen molar-refractivity contribution in [2.24, 2.45) is 11.5 Å². The number of phenols is 2. The molecule has 0 aliphatic rings. The van der Waals surface area contributed by atoms with Crippen LogP contribution in [0.4, 0.5) is 0 Å². The van der Waals surface area contributed by atoms with Crippen LogP contribution in [0, 0.1) is 0 Å². The van der Waals surface area contributed by atoms with Gasteiger partial charge < -0.3 is 47.8 Å². The summed E-state index contributed by atoms with van der Waals surface area (Å²) in [5.41, 5.74) is 12.5. The molecule has 234 valence electrons. The molecular weight excluding hydrogens is 562 g/mol. The molecule has 43 heavy (non-hydrogen) atoms. The van der Waals surface area contributed by atoms with E-state index in [1.165, 1.54) is 36.4 Å². The van der Waals surface area contributed by atoms with Crippen molar-refractivity contribution in [3.8, 4) is 11.5 Å². The normalized spacial score (nSPS) is 13.6. The number of phenolic OH excluding ortho intramolecular Hbond substituents is 2. The van der Waals surface area contributed by atoms with E-state index in [4.69, 9.17) is 16.6 Å². The molecule has 3 amide bonds. The second-order valence-corrected chi connectivity index (χ2v) is 10.1. The fourth-order valence-corrected chi connectivity index (χ4v) is 4.14. The highest BCUT2D eigenvalue weighted by atomic mass is 16.4. The largest absolute Gasteiger partial charge is 0.508 e. The van der Waals surface area contributed by atoms with Gasteiger partial charge in [0.2, 0.25) is 17.7 Å². The Bertz CT molecular complexity index is 1240. The number of hydrogen-bond acceptors (Lipinski definition) is 9. The highest BCUT2D eigenvalue weighted by Gasteiger charge is 2.30. The number of unbranched alkanes of at least 4 members (excludes halogenated alkanes) is 1. The third kappa shape index (κ3) is 12.4. The molecule has 2 rings (SSSR count). The zero-order valence-electron chi connectivity index (χ0n) is 23.6. The Labute approximate surface area is 248 Å². The number of nitrogens with two attached hydrogens (primary N) is 2. The molecule has 0 saturated heterocycles. The quantitative estimate of drug-likeness (QED) is 0.101. The summed E-state index contributed by atoms with van der Waals surface area (Å²) in [6, 6.07) is 6.72. The molecule has 0 aliphatic heterocycles. The first-order valence-corrected chi connectivity index (χ1v) is 13.8. The second kappa shape index (κ2) is 17.3. The molecule has 11 N–H and O–H groups in total. The number of nitrogens with one attached hydrogen (secondary N) is 3. The van der Waals surface area contributed by atoms with Crippen LogP contribution in [0.3, 0.4) is 0 Å². The lowest BCUT2D eigenvalue weighted by Crippen LogP contribution is -2.57. The fourth-order valence-electron chi connectivity index (χ4n) is 4.14. The van der Waals surface area contributed by atoms with E-state index in [0.717, 1.165) is 0 Å². The first kappa shape index (κ1) is 34.5. The molecule has 0 bridgehead atoms. The van der Waals surface area contributed by atoms with Gasteiger partial charge in [0.25, 0.3) is 0 Å². The predicted molar refractivity (Wildman–Crippen MR) is 155 cm³/mol. The summed E-state index contributed by atoms with van der Waals surface area (Å²) in [5, 5.41) is 45.3. The fraction of sp³-hybridized carbons (Fsp3) is 0.414. The minimum absolute atomic E-state index is 0.000804. The van der Waals surface area contributed by atoms with Gasteiger partial charge in [0, 0.05) is 19.3 Å². The van der Waals surface area contributed by atoms with Crippen LogP contribution in [0.25, 0.3) is 0 Å². The van der Waals surface area contributed by atoms with Gasteiger partial charge in [-0.2, -0.15) is 0 Å². The van der Waals surface area contributed by atoms with E-state index in [0.29, 0.717) is 30.5 Å². The molecule has 0 aromatic heterocycles. The molecule has 0 aliphatic carbocycles. The topological polar surface area (TPSA) is 254 Å². The maximum Gasteiger partial charge on any atom is 0.326 e. The van der Waals surface area contributed by atoms with Crippen molar-refractivity contribution < 1.29 is 44.4 Å². The van der Waals surface area contributed by atoms with Crippen LogP contribution in [0.1, 0.15) is 43.2 Å². The maximum atomic E-state index is 13.5. The van der Waals surface area contributed by atoms with Gasteiger partial charge in [-0.3, -0.25) is 19.2 Å². The molecule has 4 atom stereocenters. The van der Waals surface area contributed by atoms with Crippen molar-refractivity contribution >= 4 is 29.7 Å². The van der Waals surface area contributed by atoms with Crippen molar-refractivity contribution in [2.75, 3.05) is 6.54 Å². The van der Waals surface area contributed by atoms with Crippen LogP contribution in [0.5, 0.6) is 11.5 Å². The van der Waals surface area contributed by atoms with Crippen molar-refractivity contribution in [3.63, 3.8) is 0 Å². The Morgan fingerprint density at radius 1 is 0.651 bits per heavy atom. The summed E-state index contributed by atoms with van der Waals surface area (Å²) in [4.78, 5) is 62.3. The van der Waals surface area contributed by atoms with E-state index in [9.17, 15) is 39.3 Å². The highest BCUT2D eigenvalue weighted by Crippen LogP contribution is 2.14. The van der Waals surface area contributed by atoms with Gasteiger partial charge in [0.05, 0.1) is 6.04 Å². The standard InChI is InChI=1S/C29H39N5O9/c30-14-2-1-3-22(27(40)34-24(29(42)43)16-18-6-10-20(36)11-7-18)32-28(41)23(15-17-4-8-19(35)9-5-17)33-26(39)21(31)12-13-25(37)38/h4-11,21-24,35-36H,1-3,12-16,30-31H2,(H,32,41)(H,33,39)(H,34,40)(H,37,38)(H,42,43). The van der Waals surface area contributed by atoms with Crippen LogP contribution in [0.15, 0.2) is 48.5 Å². The van der Waals surface area contributed by atoms with E-state index in [1.54, 1.807) is 12.1 Å². The van der Waals surface area contributed by atoms with Gasteiger partial charge in [-0.05, 0) is 67.6 Å². The Balaban J connectivity index is 2.24. The first-order chi connectivity index (χ1) is 20.4. The van der Waals surface area contributed by atoms with E-state index in [1.807, 2.05) is 0 Å². The lowest BCUT2D eigenvalue weighted by Gasteiger charge is -2.25. The van der Waals surface area contributed by atoms with Crippen molar-refractivity contribution in [1.82, 2.24) is 16.0 Å². The van der Waals surface area contributed by atoms with E-state index in [2.05, 4.69) is 16.0 Å². The third-order valence-corrected chi connectivity index (χ3v) is 6.59. The molecule has 0 heterocycles. The molecule has 0 fully saturated rings. The van der Waals surface area contributed by atoms with Crippen molar-refractivity contribution in [1.29, 1.82) is 0 Å². The smallest absolute Gasteiger partial charge is 0.326 e. The van der Waals surface area contributed by atoms with E-state index < -0.39 is 53.8 Å². The zero-order chi connectivity index (χ0) is 31.9. The average molecular weight is 602 g/mol. The van der Waals surface area contributed by atoms with Crippen LogP contribution < -0.4 is 27.4 Å². The number of carbonyl (C=O) groups excluding carboxylic acids is 3. The molecular formula is C29H39N5O9. The molecule has 0 spiro atoms. The number of aromatic hydroxyl groups is 2. The second-order valence-electron chi connectivity index (χ2n) is 10.1. The summed E-state index contributed by atoms with van der Waals surface area (Å²) >= 11 is 0. The summed E-state index contributed by atoms with van der Waals surface area (Å²) in [6.45, 7) is 0.328. The Hall–Kier alpha value is -4.69. The lowest BCUT2D eigenvalue weighted by molar-refractivity contribution is -0.142. The molecule has 14 heteroatoms. The number of carboxylic acid groups (broad SMARTS) is 2. The summed E-state index contributed by atoms with van der Waals surface area (Å²) in [5.74, 6) is -4.75.